The third-order valence-electron chi connectivity index (χ3n) is 4.65. The van der Waals surface area contributed by atoms with Crippen LogP contribution >= 0.6 is 11.8 Å². The van der Waals surface area contributed by atoms with Gasteiger partial charge in [0, 0.05) is 36.3 Å². The van der Waals surface area contributed by atoms with Gasteiger partial charge in [0.05, 0.1) is 5.75 Å². The fourth-order valence-corrected chi connectivity index (χ4v) is 5.97. The molecule has 2 unspecified atom stereocenters. The van der Waals surface area contributed by atoms with Crippen LogP contribution in [0.5, 0.6) is 0 Å². The van der Waals surface area contributed by atoms with E-state index in [1.165, 1.54) is 19.3 Å². The monoisotopic (exact) mass is 387 g/mol. The highest BCUT2D eigenvalue weighted by atomic mass is 32.2. The number of rotatable bonds is 6. The van der Waals surface area contributed by atoms with Gasteiger partial charge in [-0.15, -0.1) is 6.58 Å². The maximum Gasteiger partial charge on any atom is 0.327 e. The first-order valence-corrected chi connectivity index (χ1v) is 10.6. The van der Waals surface area contributed by atoms with E-state index in [-0.39, 0.29) is 12.2 Å². The summed E-state index contributed by atoms with van der Waals surface area (Å²) in [6, 6.07) is -0.679. The lowest BCUT2D eigenvalue weighted by Gasteiger charge is -2.46. The molecule has 0 aromatic heterocycles. The maximum atomic E-state index is 12.5. The normalized spacial score (nSPS) is 29.2. The molecule has 1 N–H and O–H groups in total. The molecule has 1 saturated heterocycles. The lowest BCUT2D eigenvalue weighted by Crippen LogP contribution is -2.56. The molecule has 0 bridgehead atoms. The van der Waals surface area contributed by atoms with Gasteiger partial charge >= 0.3 is 5.97 Å². The van der Waals surface area contributed by atoms with Crippen molar-refractivity contribution in [3.63, 3.8) is 0 Å². The molecule has 140 valence electrons. The van der Waals surface area contributed by atoms with Crippen LogP contribution in [0.25, 0.3) is 0 Å². The van der Waals surface area contributed by atoms with Crippen molar-refractivity contribution in [2.75, 3.05) is 25.2 Å². The number of carboxylic acid groups (broad SMARTS) is 1. The zero-order valence-electron chi connectivity index (χ0n) is 14.8. The zero-order valence-corrected chi connectivity index (χ0v) is 16.4. The summed E-state index contributed by atoms with van der Waals surface area (Å²) in [6.07, 6.45) is 6.42. The molecule has 25 heavy (non-hydrogen) atoms. The first-order chi connectivity index (χ1) is 11.6. The highest BCUT2D eigenvalue weighted by Gasteiger charge is 2.46. The first-order valence-electron chi connectivity index (χ1n) is 8.01. The number of carbonyl (C=O) groups is 1. The number of nitrogens with zero attached hydrogens (tertiary/aromatic N) is 1. The van der Waals surface area contributed by atoms with Crippen molar-refractivity contribution in [2.24, 2.45) is 0 Å². The number of ether oxygens (including phenoxy) is 1. The van der Waals surface area contributed by atoms with E-state index >= 15 is 0 Å². The minimum atomic E-state index is -3.56. The number of sulfone groups is 1. The smallest absolute Gasteiger partial charge is 0.327 e. The summed E-state index contributed by atoms with van der Waals surface area (Å²) < 4.78 is 29.9. The summed E-state index contributed by atoms with van der Waals surface area (Å²) in [6.45, 7) is 7.93. The number of carboxylic acids is 1. The van der Waals surface area contributed by atoms with Crippen LogP contribution in [0.2, 0.25) is 0 Å². The van der Waals surface area contributed by atoms with Gasteiger partial charge in [-0.2, -0.15) is 11.8 Å². The van der Waals surface area contributed by atoms with Crippen LogP contribution in [0.3, 0.4) is 0 Å². The molecule has 0 aromatic rings. The van der Waals surface area contributed by atoms with Crippen molar-refractivity contribution in [3.05, 3.63) is 36.6 Å². The highest BCUT2D eigenvalue weighted by Crippen LogP contribution is 2.39. The topological polar surface area (TPSA) is 83.9 Å². The number of methoxy groups -OCH3 is 1. The van der Waals surface area contributed by atoms with Crippen LogP contribution in [0, 0.1) is 0 Å². The second kappa shape index (κ2) is 7.17. The van der Waals surface area contributed by atoms with E-state index in [2.05, 4.69) is 6.58 Å². The molecule has 1 heterocycles. The molecule has 0 amide bonds. The fourth-order valence-electron chi connectivity index (χ4n) is 3.31. The molecule has 0 spiro atoms. The Morgan fingerprint density at radius 1 is 1.56 bits per heavy atom. The molecular weight excluding hydrogens is 362 g/mol. The Balaban J connectivity index is 2.32. The minimum Gasteiger partial charge on any atom is -0.480 e. The fraction of sp³-hybridized carbons (Fsp3) is 0.588. The predicted molar refractivity (Wildman–Crippen MR) is 100 cm³/mol. The van der Waals surface area contributed by atoms with Crippen LogP contribution in [0.1, 0.15) is 20.3 Å². The summed E-state index contributed by atoms with van der Waals surface area (Å²) in [7, 11) is -2.20. The van der Waals surface area contributed by atoms with Crippen molar-refractivity contribution in [1.29, 1.82) is 0 Å². The van der Waals surface area contributed by atoms with Gasteiger partial charge in [-0.1, -0.05) is 12.2 Å². The summed E-state index contributed by atoms with van der Waals surface area (Å²) in [5, 5.41) is 9.69. The minimum absolute atomic E-state index is 0.141. The molecule has 0 aromatic carbocycles. The van der Waals surface area contributed by atoms with E-state index in [0.29, 0.717) is 6.54 Å². The maximum absolute atomic E-state index is 12.5. The molecule has 2 rings (SSSR count). The first kappa shape index (κ1) is 20.1. The lowest BCUT2D eigenvalue weighted by molar-refractivity contribution is -0.143. The predicted octanol–water partition coefficient (Wildman–Crippen LogP) is 2.05. The largest absolute Gasteiger partial charge is 0.480 e. The molecule has 2 atom stereocenters. The Morgan fingerprint density at radius 2 is 2.24 bits per heavy atom. The van der Waals surface area contributed by atoms with Gasteiger partial charge in [0.25, 0.3) is 0 Å². The van der Waals surface area contributed by atoms with E-state index in [1.54, 1.807) is 23.9 Å². The van der Waals surface area contributed by atoms with E-state index in [9.17, 15) is 18.3 Å². The SMILES string of the molecule is C=CCS(=O)(=O)C1(OC)C=CC(N2CCSC(C)(C)C2C(=O)O)=CC1. The molecule has 0 radical (unpaired) electrons. The molecule has 2 aliphatic rings. The third kappa shape index (κ3) is 3.66. The Bertz CT molecular complexity index is 711. The Hall–Kier alpha value is -1.25. The number of allylic oxidation sites excluding steroid dienone is 1. The molecule has 0 saturated carbocycles. The van der Waals surface area contributed by atoms with Gasteiger partial charge in [0.2, 0.25) is 0 Å². The Morgan fingerprint density at radius 3 is 2.72 bits per heavy atom. The summed E-state index contributed by atoms with van der Waals surface area (Å²) in [4.78, 5) is 12.2. The van der Waals surface area contributed by atoms with Crippen molar-refractivity contribution >= 4 is 27.6 Å². The molecule has 1 aliphatic carbocycles. The van der Waals surface area contributed by atoms with Crippen LogP contribution in [-0.4, -0.2) is 65.3 Å². The summed E-state index contributed by atoms with van der Waals surface area (Å²) in [5.41, 5.74) is 0.724. The van der Waals surface area contributed by atoms with Gasteiger partial charge in [0.1, 0.15) is 6.04 Å². The zero-order chi connectivity index (χ0) is 18.9. The number of hydrogen-bond acceptors (Lipinski definition) is 6. The highest BCUT2D eigenvalue weighted by molar-refractivity contribution is 8.00. The molecule has 1 fully saturated rings. The average molecular weight is 388 g/mol. The van der Waals surface area contributed by atoms with Crippen LogP contribution in [0.15, 0.2) is 36.6 Å². The molecule has 6 nitrogen and oxygen atoms in total. The number of hydrogen-bond donors (Lipinski definition) is 1. The quantitative estimate of drug-likeness (QED) is 0.698. The van der Waals surface area contributed by atoms with Crippen molar-refractivity contribution < 1.29 is 23.1 Å². The van der Waals surface area contributed by atoms with Crippen LogP contribution < -0.4 is 0 Å². The lowest BCUT2D eigenvalue weighted by atomic mass is 9.98. The Kier molecular flexibility index (Phi) is 5.75. The van der Waals surface area contributed by atoms with E-state index in [0.717, 1.165) is 11.4 Å². The number of aliphatic carboxylic acids is 1. The van der Waals surface area contributed by atoms with Gasteiger partial charge in [-0.05, 0) is 26.0 Å². The van der Waals surface area contributed by atoms with Crippen molar-refractivity contribution in [1.82, 2.24) is 4.90 Å². The summed E-state index contributed by atoms with van der Waals surface area (Å²) >= 11 is 1.63. The Labute approximate surface area is 153 Å². The van der Waals surface area contributed by atoms with E-state index in [1.807, 2.05) is 18.7 Å². The van der Waals surface area contributed by atoms with E-state index in [4.69, 9.17) is 4.74 Å². The van der Waals surface area contributed by atoms with Crippen molar-refractivity contribution in [2.45, 2.75) is 36.0 Å². The van der Waals surface area contributed by atoms with Crippen LogP contribution in [-0.2, 0) is 19.4 Å². The number of thioether (sulfide) groups is 1. The van der Waals surface area contributed by atoms with Crippen molar-refractivity contribution in [3.8, 4) is 0 Å². The molecular formula is C17H25NO5S2. The third-order valence-corrected chi connectivity index (χ3v) is 8.21. The van der Waals surface area contributed by atoms with E-state index < -0.39 is 31.5 Å². The van der Waals surface area contributed by atoms with Gasteiger partial charge in [-0.25, -0.2) is 13.2 Å². The second-order valence-corrected chi connectivity index (χ2v) is 10.6. The summed E-state index contributed by atoms with van der Waals surface area (Å²) in [5.74, 6) is -0.250. The average Bonchev–Trinajstić information content (AvgIpc) is 2.53. The van der Waals surface area contributed by atoms with Gasteiger partial charge in [0.15, 0.2) is 14.8 Å². The van der Waals surface area contributed by atoms with Crippen LogP contribution in [0.4, 0.5) is 0 Å². The standard InChI is InChI=1S/C17H25NO5S2/c1-5-12-25(21,22)17(23-4)8-6-13(7-9-17)18-10-11-24-16(2,3)14(18)15(19)20/h5-8,14H,1,9-12H2,2-4H3,(H,19,20). The molecule has 1 aliphatic heterocycles. The van der Waals surface area contributed by atoms with Gasteiger partial charge < -0.3 is 14.7 Å². The second-order valence-electron chi connectivity index (χ2n) is 6.64. The molecule has 8 heteroatoms. The van der Waals surface area contributed by atoms with Gasteiger partial charge in [-0.3, -0.25) is 0 Å².